The molecule has 0 aliphatic carbocycles. The normalized spacial score (nSPS) is 10.7. The number of rotatable bonds is 6. The van der Waals surface area contributed by atoms with Gasteiger partial charge < -0.3 is 10.6 Å². The average Bonchev–Trinajstić information content (AvgIpc) is 3.40. The lowest BCUT2D eigenvalue weighted by Crippen LogP contribution is -2.33. The number of benzene rings is 4. The fourth-order valence-corrected chi connectivity index (χ4v) is 4.66. The molecule has 2 amide bonds. The van der Waals surface area contributed by atoms with Crippen LogP contribution in [0.5, 0.6) is 0 Å². The second kappa shape index (κ2) is 10.1. The van der Waals surface area contributed by atoms with Gasteiger partial charge in [0.1, 0.15) is 5.01 Å². The Morgan fingerprint density at radius 3 is 1.94 bits per heavy atom. The van der Waals surface area contributed by atoms with E-state index in [-0.39, 0.29) is 12.1 Å². The Bertz CT molecular complexity index is 1330. The van der Waals surface area contributed by atoms with Crippen molar-refractivity contribution in [3.63, 3.8) is 0 Å². The second-order valence-electron chi connectivity index (χ2n) is 7.84. The van der Waals surface area contributed by atoms with Gasteiger partial charge in [0.05, 0.1) is 11.7 Å². The highest BCUT2D eigenvalue weighted by Gasteiger charge is 2.17. The van der Waals surface area contributed by atoms with Crippen LogP contribution in [0, 0.1) is 0 Å². The first-order valence-electron chi connectivity index (χ1n) is 11.0. The van der Waals surface area contributed by atoms with E-state index in [9.17, 15) is 4.79 Å². The summed E-state index contributed by atoms with van der Waals surface area (Å²) >= 11 is 1.61. The van der Waals surface area contributed by atoms with Gasteiger partial charge in [-0.25, -0.2) is 9.78 Å². The van der Waals surface area contributed by atoms with Crippen molar-refractivity contribution in [3.8, 4) is 21.8 Å². The smallest absolute Gasteiger partial charge is 0.319 e. The van der Waals surface area contributed by atoms with E-state index in [0.717, 1.165) is 33.0 Å². The average molecular weight is 462 g/mol. The SMILES string of the molecule is O=C(Nc1cccc(-c2csc(-c3ccccc3)n2)c1)NC(c1ccccc1)c1ccccc1. The monoisotopic (exact) mass is 461 g/mol. The van der Waals surface area contributed by atoms with Crippen molar-refractivity contribution in [1.29, 1.82) is 0 Å². The van der Waals surface area contributed by atoms with Crippen LogP contribution in [0.4, 0.5) is 10.5 Å². The predicted molar refractivity (Wildman–Crippen MR) is 140 cm³/mol. The summed E-state index contributed by atoms with van der Waals surface area (Å²) in [5.41, 5.74) is 5.70. The number of thiazole rings is 1. The van der Waals surface area contributed by atoms with E-state index in [1.807, 2.05) is 109 Å². The van der Waals surface area contributed by atoms with Crippen LogP contribution in [0.15, 0.2) is 121 Å². The molecular weight excluding hydrogens is 438 g/mol. The van der Waals surface area contributed by atoms with Crippen LogP contribution >= 0.6 is 11.3 Å². The highest BCUT2D eigenvalue weighted by Crippen LogP contribution is 2.30. The molecule has 0 aliphatic rings. The van der Waals surface area contributed by atoms with Gasteiger partial charge in [-0.1, -0.05) is 103 Å². The quantitative estimate of drug-likeness (QED) is 0.277. The molecule has 0 saturated heterocycles. The minimum Gasteiger partial charge on any atom is -0.327 e. The Morgan fingerprint density at radius 2 is 1.29 bits per heavy atom. The van der Waals surface area contributed by atoms with Crippen molar-refractivity contribution in [3.05, 3.63) is 132 Å². The molecule has 0 radical (unpaired) electrons. The Labute approximate surface area is 203 Å². The zero-order valence-corrected chi connectivity index (χ0v) is 19.2. The number of aromatic nitrogens is 1. The molecule has 0 unspecified atom stereocenters. The summed E-state index contributed by atoms with van der Waals surface area (Å²) in [6, 6.07) is 37.3. The van der Waals surface area contributed by atoms with Gasteiger partial charge in [-0.05, 0) is 23.3 Å². The molecule has 2 N–H and O–H groups in total. The predicted octanol–water partition coefficient (Wildman–Crippen LogP) is 7.39. The summed E-state index contributed by atoms with van der Waals surface area (Å²) in [6.07, 6.45) is 0. The zero-order chi connectivity index (χ0) is 23.2. The van der Waals surface area contributed by atoms with Crippen LogP contribution < -0.4 is 10.6 Å². The maximum atomic E-state index is 13.0. The van der Waals surface area contributed by atoms with E-state index in [0.29, 0.717) is 5.69 Å². The van der Waals surface area contributed by atoms with Gasteiger partial charge in [0.25, 0.3) is 0 Å². The van der Waals surface area contributed by atoms with Gasteiger partial charge in [-0.2, -0.15) is 0 Å². The third-order valence-electron chi connectivity index (χ3n) is 5.48. The maximum absolute atomic E-state index is 13.0. The van der Waals surface area contributed by atoms with Gasteiger partial charge in [-0.15, -0.1) is 11.3 Å². The molecule has 166 valence electrons. The van der Waals surface area contributed by atoms with Gasteiger partial charge in [-0.3, -0.25) is 0 Å². The third kappa shape index (κ3) is 5.05. The van der Waals surface area contributed by atoms with Crippen LogP contribution in [0.1, 0.15) is 17.2 Å². The Hall–Kier alpha value is -4.22. The molecule has 4 nitrogen and oxygen atoms in total. The number of amides is 2. The molecule has 4 aromatic carbocycles. The molecule has 1 aromatic heterocycles. The van der Waals surface area contributed by atoms with Crippen molar-refractivity contribution < 1.29 is 4.79 Å². The van der Waals surface area contributed by atoms with Gasteiger partial charge in [0, 0.05) is 22.2 Å². The number of carbonyl (C=O) groups is 1. The first-order chi connectivity index (χ1) is 16.8. The Balaban J connectivity index is 1.33. The largest absolute Gasteiger partial charge is 0.327 e. The first kappa shape index (κ1) is 21.6. The lowest BCUT2D eigenvalue weighted by molar-refractivity contribution is 0.250. The number of hydrogen-bond acceptors (Lipinski definition) is 3. The summed E-state index contributed by atoms with van der Waals surface area (Å²) < 4.78 is 0. The van der Waals surface area contributed by atoms with Crippen molar-refractivity contribution in [1.82, 2.24) is 10.3 Å². The molecule has 5 aromatic rings. The summed E-state index contributed by atoms with van der Waals surface area (Å²) in [6.45, 7) is 0. The van der Waals surface area contributed by atoms with Crippen molar-refractivity contribution in [2.75, 3.05) is 5.32 Å². The van der Waals surface area contributed by atoms with E-state index in [2.05, 4.69) is 22.8 Å². The van der Waals surface area contributed by atoms with Gasteiger partial charge in [0.15, 0.2) is 0 Å². The molecule has 34 heavy (non-hydrogen) atoms. The zero-order valence-electron chi connectivity index (χ0n) is 18.4. The highest BCUT2D eigenvalue weighted by atomic mass is 32.1. The first-order valence-corrected chi connectivity index (χ1v) is 11.9. The number of nitrogens with one attached hydrogen (secondary N) is 2. The highest BCUT2D eigenvalue weighted by molar-refractivity contribution is 7.13. The molecular formula is C29H23N3OS. The molecule has 0 bridgehead atoms. The number of carbonyl (C=O) groups excluding carboxylic acids is 1. The van der Waals surface area contributed by atoms with Crippen LogP contribution in [0.2, 0.25) is 0 Å². The molecule has 0 atom stereocenters. The molecule has 0 aliphatic heterocycles. The van der Waals surface area contributed by atoms with Crippen LogP contribution in [0.25, 0.3) is 21.8 Å². The minimum atomic E-state index is -0.266. The lowest BCUT2D eigenvalue weighted by atomic mass is 9.99. The van der Waals surface area contributed by atoms with E-state index in [4.69, 9.17) is 4.98 Å². The van der Waals surface area contributed by atoms with E-state index >= 15 is 0 Å². The molecule has 5 heteroatoms. The topological polar surface area (TPSA) is 54.0 Å². The van der Waals surface area contributed by atoms with Crippen molar-refractivity contribution >= 4 is 23.1 Å². The Kier molecular flexibility index (Phi) is 6.45. The van der Waals surface area contributed by atoms with Gasteiger partial charge >= 0.3 is 6.03 Å². The minimum absolute atomic E-state index is 0.252. The lowest BCUT2D eigenvalue weighted by Gasteiger charge is -2.20. The van der Waals surface area contributed by atoms with Crippen molar-refractivity contribution in [2.24, 2.45) is 0 Å². The molecule has 0 fully saturated rings. The summed E-state index contributed by atoms with van der Waals surface area (Å²) in [5.74, 6) is 0. The second-order valence-corrected chi connectivity index (χ2v) is 8.70. The molecule has 1 heterocycles. The fourth-order valence-electron chi connectivity index (χ4n) is 3.82. The summed E-state index contributed by atoms with van der Waals surface area (Å²) in [7, 11) is 0. The summed E-state index contributed by atoms with van der Waals surface area (Å²) in [5, 5.41) is 9.12. The van der Waals surface area contributed by atoms with E-state index < -0.39 is 0 Å². The molecule has 0 spiro atoms. The third-order valence-corrected chi connectivity index (χ3v) is 6.37. The number of urea groups is 1. The van der Waals surface area contributed by atoms with Crippen molar-refractivity contribution in [2.45, 2.75) is 6.04 Å². The van der Waals surface area contributed by atoms with Crippen LogP contribution in [0.3, 0.4) is 0 Å². The van der Waals surface area contributed by atoms with Crippen LogP contribution in [-0.4, -0.2) is 11.0 Å². The van der Waals surface area contributed by atoms with Crippen LogP contribution in [-0.2, 0) is 0 Å². The maximum Gasteiger partial charge on any atom is 0.319 e. The van der Waals surface area contributed by atoms with E-state index in [1.165, 1.54) is 0 Å². The number of nitrogens with zero attached hydrogens (tertiary/aromatic N) is 1. The number of anilines is 1. The molecule has 0 saturated carbocycles. The number of hydrogen-bond donors (Lipinski definition) is 2. The molecule has 5 rings (SSSR count). The summed E-state index contributed by atoms with van der Waals surface area (Å²) in [4.78, 5) is 17.8. The standard InChI is InChI=1S/C29H23N3OS/c33-29(32-27(21-11-4-1-5-12-21)22-13-6-2-7-14-22)30-25-18-10-17-24(19-25)26-20-34-28(31-26)23-15-8-3-9-16-23/h1-20,27H,(H2,30,32,33). The van der Waals surface area contributed by atoms with Gasteiger partial charge in [0.2, 0.25) is 0 Å². The van der Waals surface area contributed by atoms with E-state index in [1.54, 1.807) is 11.3 Å². The Morgan fingerprint density at radius 1 is 0.706 bits per heavy atom. The fraction of sp³-hybridized carbons (Fsp3) is 0.0345.